The summed E-state index contributed by atoms with van der Waals surface area (Å²) < 4.78 is 2.15. The third-order valence-electron chi connectivity index (χ3n) is 3.01. The van der Waals surface area contributed by atoms with Crippen molar-refractivity contribution < 1.29 is 0 Å². The van der Waals surface area contributed by atoms with E-state index in [9.17, 15) is 0 Å². The summed E-state index contributed by atoms with van der Waals surface area (Å²) in [6.45, 7) is 0. The van der Waals surface area contributed by atoms with Crippen molar-refractivity contribution in [3.63, 3.8) is 0 Å². The zero-order valence-corrected chi connectivity index (χ0v) is 15.1. The molecule has 0 radical (unpaired) electrons. The van der Waals surface area contributed by atoms with Gasteiger partial charge < -0.3 is 0 Å². The monoisotopic (exact) mass is 429 g/mol. The van der Waals surface area contributed by atoms with Gasteiger partial charge in [-0.3, -0.25) is 0 Å². The molecule has 0 saturated heterocycles. The van der Waals surface area contributed by atoms with Gasteiger partial charge in [-0.2, -0.15) is 0 Å². The van der Waals surface area contributed by atoms with E-state index in [0.717, 1.165) is 32.0 Å². The standard InChI is InChI=1S/C15H10Br2ClNS/c16-10-5-3-4-9(15(10)18)11(17)8-14-19-12-6-1-2-7-13(12)20-14/h1-7,11H,8H2. The van der Waals surface area contributed by atoms with Crippen molar-refractivity contribution in [2.24, 2.45) is 0 Å². The molecule has 1 nitrogen and oxygen atoms in total. The highest BCUT2D eigenvalue weighted by Crippen LogP contribution is 2.37. The highest BCUT2D eigenvalue weighted by molar-refractivity contribution is 9.10. The van der Waals surface area contributed by atoms with E-state index in [-0.39, 0.29) is 4.83 Å². The molecule has 0 bridgehead atoms. The second-order valence-corrected chi connectivity index (χ2v) is 7.84. The number of hydrogen-bond acceptors (Lipinski definition) is 2. The van der Waals surface area contributed by atoms with Gasteiger partial charge in [0.1, 0.15) is 0 Å². The lowest BCUT2D eigenvalue weighted by molar-refractivity contribution is 0.938. The predicted molar refractivity (Wildman–Crippen MR) is 94.1 cm³/mol. The highest BCUT2D eigenvalue weighted by Gasteiger charge is 2.16. The zero-order chi connectivity index (χ0) is 14.1. The van der Waals surface area contributed by atoms with E-state index < -0.39 is 0 Å². The van der Waals surface area contributed by atoms with Crippen LogP contribution in [0.25, 0.3) is 10.2 Å². The van der Waals surface area contributed by atoms with Crippen LogP contribution in [0, 0.1) is 0 Å². The first-order valence-corrected chi connectivity index (χ1v) is 8.98. The molecule has 5 heteroatoms. The second-order valence-electron chi connectivity index (χ2n) is 4.39. The third kappa shape index (κ3) is 2.93. The molecular weight excluding hydrogens is 422 g/mol. The maximum atomic E-state index is 6.34. The maximum absolute atomic E-state index is 6.34. The maximum Gasteiger partial charge on any atom is 0.0953 e. The van der Waals surface area contributed by atoms with Crippen LogP contribution in [-0.2, 0) is 6.42 Å². The number of benzene rings is 2. The minimum atomic E-state index is 0.160. The van der Waals surface area contributed by atoms with Crippen molar-refractivity contribution >= 4 is 65.0 Å². The Bertz CT molecular complexity index is 723. The number of halogens is 3. The summed E-state index contributed by atoms with van der Waals surface area (Å²) in [4.78, 5) is 4.82. The molecule has 0 fully saturated rings. The van der Waals surface area contributed by atoms with Crippen LogP contribution in [0.5, 0.6) is 0 Å². The lowest BCUT2D eigenvalue weighted by Crippen LogP contribution is -1.96. The lowest BCUT2D eigenvalue weighted by Gasteiger charge is -2.11. The van der Waals surface area contributed by atoms with Crippen molar-refractivity contribution in [3.05, 3.63) is 62.5 Å². The van der Waals surface area contributed by atoms with Crippen LogP contribution in [0.2, 0.25) is 5.02 Å². The van der Waals surface area contributed by atoms with Gasteiger partial charge in [0.25, 0.3) is 0 Å². The van der Waals surface area contributed by atoms with E-state index in [0.29, 0.717) is 0 Å². The minimum absolute atomic E-state index is 0.160. The van der Waals surface area contributed by atoms with Crippen LogP contribution in [0.1, 0.15) is 15.4 Å². The molecule has 1 atom stereocenters. The fourth-order valence-electron chi connectivity index (χ4n) is 2.03. The highest BCUT2D eigenvalue weighted by atomic mass is 79.9. The molecule has 3 aromatic rings. The van der Waals surface area contributed by atoms with Gasteiger partial charge in [-0.1, -0.05) is 51.8 Å². The summed E-state index contributed by atoms with van der Waals surface area (Å²) >= 11 is 15.3. The number of aromatic nitrogens is 1. The molecule has 0 amide bonds. The Morgan fingerprint density at radius 3 is 2.75 bits per heavy atom. The number of hydrogen-bond donors (Lipinski definition) is 0. The van der Waals surface area contributed by atoms with Crippen LogP contribution in [-0.4, -0.2) is 4.98 Å². The molecule has 0 aliphatic carbocycles. The number of fused-ring (bicyclic) bond motifs is 1. The quantitative estimate of drug-likeness (QED) is 0.438. The largest absolute Gasteiger partial charge is 0.241 e. The smallest absolute Gasteiger partial charge is 0.0953 e. The van der Waals surface area contributed by atoms with Crippen molar-refractivity contribution in [2.45, 2.75) is 11.2 Å². The summed E-state index contributed by atoms with van der Waals surface area (Å²) in [6.07, 6.45) is 0.829. The Balaban J connectivity index is 1.88. The lowest BCUT2D eigenvalue weighted by atomic mass is 10.1. The fourth-order valence-corrected chi connectivity index (χ4v) is 4.72. The second kappa shape index (κ2) is 6.14. The van der Waals surface area contributed by atoms with Gasteiger partial charge in [0.05, 0.1) is 20.2 Å². The average Bonchev–Trinajstić information content (AvgIpc) is 2.83. The molecule has 20 heavy (non-hydrogen) atoms. The van der Waals surface area contributed by atoms with E-state index in [1.807, 2.05) is 36.4 Å². The Morgan fingerprint density at radius 1 is 1.15 bits per heavy atom. The normalized spacial score (nSPS) is 12.8. The fraction of sp³-hybridized carbons (Fsp3) is 0.133. The Hall–Kier alpha value is -0.420. The molecule has 1 aromatic heterocycles. The number of para-hydroxylation sites is 1. The average molecular weight is 432 g/mol. The molecule has 2 aromatic carbocycles. The molecule has 0 saturated carbocycles. The van der Waals surface area contributed by atoms with Gasteiger partial charge >= 0.3 is 0 Å². The van der Waals surface area contributed by atoms with E-state index in [1.54, 1.807) is 11.3 Å². The minimum Gasteiger partial charge on any atom is -0.241 e. The van der Waals surface area contributed by atoms with Crippen LogP contribution in [0.4, 0.5) is 0 Å². The molecule has 3 rings (SSSR count). The molecule has 102 valence electrons. The van der Waals surface area contributed by atoms with E-state index in [4.69, 9.17) is 11.6 Å². The van der Waals surface area contributed by atoms with Gasteiger partial charge in [0, 0.05) is 15.7 Å². The molecular formula is C15H10Br2ClNS. The number of nitrogens with zero attached hydrogens (tertiary/aromatic N) is 1. The van der Waals surface area contributed by atoms with Gasteiger partial charge in [0.2, 0.25) is 0 Å². The van der Waals surface area contributed by atoms with Crippen LogP contribution >= 0.6 is 54.8 Å². The van der Waals surface area contributed by atoms with Crippen molar-refractivity contribution in [1.82, 2.24) is 4.98 Å². The van der Waals surface area contributed by atoms with Gasteiger partial charge in [-0.05, 0) is 39.7 Å². The van der Waals surface area contributed by atoms with Crippen molar-refractivity contribution in [2.75, 3.05) is 0 Å². The van der Waals surface area contributed by atoms with Crippen molar-refractivity contribution in [3.8, 4) is 0 Å². The third-order valence-corrected chi connectivity index (χ3v) is 6.20. The van der Waals surface area contributed by atoms with Crippen LogP contribution in [0.15, 0.2) is 46.9 Å². The molecule has 0 aliphatic heterocycles. The first-order valence-electron chi connectivity index (χ1n) is 6.07. The Morgan fingerprint density at radius 2 is 1.95 bits per heavy atom. The summed E-state index contributed by atoms with van der Waals surface area (Å²) in [6, 6.07) is 14.2. The SMILES string of the molecule is Clc1c(Br)cccc1C(Br)Cc1nc2ccccc2s1. The van der Waals surface area contributed by atoms with Gasteiger partial charge in [-0.25, -0.2) is 4.98 Å². The zero-order valence-electron chi connectivity index (χ0n) is 10.3. The molecule has 1 unspecified atom stereocenters. The van der Waals surface area contributed by atoms with Gasteiger partial charge in [-0.15, -0.1) is 11.3 Å². The molecule has 0 spiro atoms. The van der Waals surface area contributed by atoms with E-state index in [1.165, 1.54) is 4.70 Å². The predicted octanol–water partition coefficient (Wildman–Crippen LogP) is 6.39. The Labute approximate surface area is 143 Å². The Kier molecular flexibility index (Phi) is 4.46. The first-order chi connectivity index (χ1) is 9.65. The number of thiazole rings is 1. The van der Waals surface area contributed by atoms with Crippen LogP contribution < -0.4 is 0 Å². The number of alkyl halides is 1. The molecule has 1 heterocycles. The van der Waals surface area contributed by atoms with Gasteiger partial charge in [0.15, 0.2) is 0 Å². The van der Waals surface area contributed by atoms with Crippen LogP contribution in [0.3, 0.4) is 0 Å². The van der Waals surface area contributed by atoms with E-state index >= 15 is 0 Å². The number of rotatable bonds is 3. The summed E-state index contributed by atoms with van der Waals surface area (Å²) in [5.74, 6) is 0. The topological polar surface area (TPSA) is 12.9 Å². The molecule has 0 aliphatic rings. The summed E-state index contributed by atoms with van der Waals surface area (Å²) in [5.41, 5.74) is 2.15. The first kappa shape index (κ1) is 14.5. The van der Waals surface area contributed by atoms with Crippen molar-refractivity contribution in [1.29, 1.82) is 0 Å². The molecule has 0 N–H and O–H groups in total. The van der Waals surface area contributed by atoms with E-state index in [2.05, 4.69) is 42.9 Å². The summed E-state index contributed by atoms with van der Waals surface area (Å²) in [5, 5.41) is 1.87. The summed E-state index contributed by atoms with van der Waals surface area (Å²) in [7, 11) is 0.